The molecule has 2 fully saturated rings. The van der Waals surface area contributed by atoms with Gasteiger partial charge in [0.05, 0.1) is 10.9 Å². The van der Waals surface area contributed by atoms with Gasteiger partial charge in [0.2, 0.25) is 10.0 Å². The number of pyridine rings is 1. The van der Waals surface area contributed by atoms with Gasteiger partial charge in [-0.15, -0.1) is 0 Å². The molecular formula is C18H20N4O3S. The van der Waals surface area contributed by atoms with Crippen LogP contribution < -0.4 is 0 Å². The van der Waals surface area contributed by atoms with Gasteiger partial charge in [-0.1, -0.05) is 24.3 Å². The van der Waals surface area contributed by atoms with Gasteiger partial charge in [0.25, 0.3) is 0 Å². The van der Waals surface area contributed by atoms with Crippen LogP contribution in [0.1, 0.15) is 5.56 Å². The van der Waals surface area contributed by atoms with Gasteiger partial charge in [0, 0.05) is 45.1 Å². The van der Waals surface area contributed by atoms with Gasteiger partial charge in [0.15, 0.2) is 0 Å². The Morgan fingerprint density at radius 2 is 1.85 bits per heavy atom. The quantitative estimate of drug-likeness (QED) is 0.813. The highest BCUT2D eigenvalue weighted by Gasteiger charge is 2.43. The van der Waals surface area contributed by atoms with Crippen molar-refractivity contribution in [2.45, 2.75) is 17.5 Å². The van der Waals surface area contributed by atoms with Crippen molar-refractivity contribution >= 4 is 16.1 Å². The molecule has 1 aromatic heterocycles. The van der Waals surface area contributed by atoms with E-state index in [2.05, 4.69) is 4.98 Å². The minimum Gasteiger partial charge on any atom is -0.318 e. The third-order valence-electron chi connectivity index (χ3n) is 4.87. The highest BCUT2D eigenvalue weighted by molar-refractivity contribution is 7.89. The van der Waals surface area contributed by atoms with Crippen LogP contribution in [0.25, 0.3) is 0 Å². The van der Waals surface area contributed by atoms with E-state index in [1.807, 2.05) is 12.1 Å². The molecular weight excluding hydrogens is 352 g/mol. The third-order valence-corrected chi connectivity index (χ3v) is 6.75. The Morgan fingerprint density at radius 1 is 1.04 bits per heavy atom. The van der Waals surface area contributed by atoms with Crippen LogP contribution in [0.3, 0.4) is 0 Å². The number of nitrogens with zero attached hydrogens (tertiary/aromatic N) is 4. The third kappa shape index (κ3) is 3.06. The van der Waals surface area contributed by atoms with Crippen molar-refractivity contribution in [3.8, 4) is 0 Å². The first-order valence-corrected chi connectivity index (χ1v) is 9.99. The number of rotatable bonds is 4. The number of hydrogen-bond donors (Lipinski definition) is 0. The fourth-order valence-corrected chi connectivity index (χ4v) is 5.04. The van der Waals surface area contributed by atoms with Crippen molar-refractivity contribution in [3.05, 3.63) is 60.4 Å². The zero-order chi connectivity index (χ0) is 18.1. The summed E-state index contributed by atoms with van der Waals surface area (Å²) in [4.78, 5) is 20.6. The van der Waals surface area contributed by atoms with E-state index in [-0.39, 0.29) is 12.1 Å². The van der Waals surface area contributed by atoms with E-state index in [0.717, 1.165) is 5.56 Å². The summed E-state index contributed by atoms with van der Waals surface area (Å²) in [6.07, 6.45) is 3.45. The molecule has 0 radical (unpaired) electrons. The predicted molar refractivity (Wildman–Crippen MR) is 95.7 cm³/mol. The highest BCUT2D eigenvalue weighted by atomic mass is 32.2. The molecule has 4 rings (SSSR count). The molecule has 0 aliphatic carbocycles. The number of hydrogen-bond acceptors (Lipinski definition) is 4. The van der Waals surface area contributed by atoms with Gasteiger partial charge < -0.3 is 9.80 Å². The molecule has 0 N–H and O–H groups in total. The van der Waals surface area contributed by atoms with Crippen LogP contribution in [0.15, 0.2) is 59.8 Å². The lowest BCUT2D eigenvalue weighted by molar-refractivity contribution is 0.159. The predicted octanol–water partition coefficient (Wildman–Crippen LogP) is 1.39. The average molecular weight is 372 g/mol. The summed E-state index contributed by atoms with van der Waals surface area (Å²) in [6, 6.07) is 12.1. The van der Waals surface area contributed by atoms with E-state index in [1.54, 1.807) is 52.5 Å². The van der Waals surface area contributed by atoms with Crippen LogP contribution >= 0.6 is 0 Å². The van der Waals surface area contributed by atoms with Crippen LogP contribution in [-0.4, -0.2) is 65.8 Å². The Labute approximate surface area is 152 Å². The minimum atomic E-state index is -3.53. The largest absolute Gasteiger partial charge is 0.320 e. The second kappa shape index (κ2) is 6.69. The summed E-state index contributed by atoms with van der Waals surface area (Å²) >= 11 is 0. The molecule has 0 spiro atoms. The molecule has 2 aromatic rings. The lowest BCUT2D eigenvalue weighted by atomic mass is 10.2. The first-order chi connectivity index (χ1) is 12.6. The van der Waals surface area contributed by atoms with Crippen molar-refractivity contribution < 1.29 is 13.2 Å². The van der Waals surface area contributed by atoms with Gasteiger partial charge in [-0.05, 0) is 23.8 Å². The topological polar surface area (TPSA) is 73.8 Å². The molecule has 8 heteroatoms. The molecule has 1 aromatic carbocycles. The molecule has 136 valence electrons. The summed E-state index contributed by atoms with van der Waals surface area (Å²) in [6.45, 7) is 2.07. The Kier molecular flexibility index (Phi) is 4.37. The van der Waals surface area contributed by atoms with Crippen LogP contribution in [-0.2, 0) is 16.6 Å². The summed E-state index contributed by atoms with van der Waals surface area (Å²) < 4.78 is 27.2. The molecule has 2 aliphatic heterocycles. The van der Waals surface area contributed by atoms with E-state index < -0.39 is 10.0 Å². The maximum Gasteiger partial charge on any atom is 0.320 e. The minimum absolute atomic E-state index is 0.0318. The summed E-state index contributed by atoms with van der Waals surface area (Å²) in [5.41, 5.74) is 0.967. The first kappa shape index (κ1) is 17.0. The van der Waals surface area contributed by atoms with E-state index in [4.69, 9.17) is 0 Å². The lowest BCUT2D eigenvalue weighted by Crippen LogP contribution is -2.53. The Hall–Kier alpha value is -2.45. The molecule has 2 aliphatic rings. The summed E-state index contributed by atoms with van der Waals surface area (Å²) in [7, 11) is -3.53. The lowest BCUT2D eigenvalue weighted by Gasteiger charge is -2.35. The smallest absolute Gasteiger partial charge is 0.318 e. The fraction of sp³-hybridized carbons (Fsp3) is 0.333. The maximum atomic E-state index is 12.8. The van der Waals surface area contributed by atoms with E-state index in [1.165, 1.54) is 4.31 Å². The second-order valence-electron chi connectivity index (χ2n) is 6.55. The maximum absolute atomic E-state index is 12.8. The molecule has 1 atom stereocenters. The number of carbonyl (C=O) groups excluding carboxylic acids is 1. The molecule has 26 heavy (non-hydrogen) atoms. The number of amides is 2. The van der Waals surface area contributed by atoms with Crippen molar-refractivity contribution in [1.29, 1.82) is 0 Å². The van der Waals surface area contributed by atoms with Crippen LogP contribution in [0.4, 0.5) is 4.79 Å². The zero-order valence-corrected chi connectivity index (χ0v) is 15.0. The molecule has 0 bridgehead atoms. The monoisotopic (exact) mass is 372 g/mol. The van der Waals surface area contributed by atoms with Crippen LogP contribution in [0.5, 0.6) is 0 Å². The Morgan fingerprint density at radius 3 is 2.58 bits per heavy atom. The van der Waals surface area contributed by atoms with Gasteiger partial charge in [-0.3, -0.25) is 4.98 Å². The molecule has 3 heterocycles. The number of benzene rings is 1. The number of fused-ring (bicyclic) bond motifs is 1. The van der Waals surface area contributed by atoms with Gasteiger partial charge in [-0.25, -0.2) is 13.2 Å². The molecule has 2 saturated heterocycles. The Bertz CT molecular complexity index is 889. The Balaban J connectivity index is 1.48. The average Bonchev–Trinajstić information content (AvgIpc) is 2.98. The van der Waals surface area contributed by atoms with Crippen molar-refractivity contribution in [1.82, 2.24) is 19.1 Å². The standard InChI is InChI=1S/C18H20N4O3S/c23-18-20(12-15-5-4-8-19-11-15)13-16-14-21(9-10-22(16)18)26(24,25)17-6-2-1-3-7-17/h1-8,11,16H,9-10,12-14H2. The molecule has 1 unspecified atom stereocenters. The summed E-state index contributed by atoms with van der Waals surface area (Å²) in [5.74, 6) is 0. The van der Waals surface area contributed by atoms with E-state index >= 15 is 0 Å². The highest BCUT2D eigenvalue weighted by Crippen LogP contribution is 2.25. The number of sulfonamides is 1. The normalized spacial score (nSPS) is 21.1. The number of carbonyl (C=O) groups is 1. The fourth-order valence-electron chi connectivity index (χ4n) is 3.55. The van der Waals surface area contributed by atoms with Crippen LogP contribution in [0, 0.1) is 0 Å². The van der Waals surface area contributed by atoms with Crippen molar-refractivity contribution in [2.24, 2.45) is 0 Å². The molecule has 7 nitrogen and oxygen atoms in total. The van der Waals surface area contributed by atoms with E-state index in [9.17, 15) is 13.2 Å². The number of aromatic nitrogens is 1. The van der Waals surface area contributed by atoms with Gasteiger partial charge >= 0.3 is 6.03 Å². The van der Waals surface area contributed by atoms with Crippen molar-refractivity contribution in [2.75, 3.05) is 26.2 Å². The SMILES string of the molecule is O=C1N(Cc2cccnc2)CC2CN(S(=O)(=O)c3ccccc3)CCN12. The van der Waals surface area contributed by atoms with E-state index in [0.29, 0.717) is 37.6 Å². The number of piperazine rings is 1. The van der Waals surface area contributed by atoms with Gasteiger partial charge in [-0.2, -0.15) is 4.31 Å². The first-order valence-electron chi connectivity index (χ1n) is 8.55. The second-order valence-corrected chi connectivity index (χ2v) is 8.49. The summed E-state index contributed by atoms with van der Waals surface area (Å²) in [5, 5.41) is 0. The number of urea groups is 1. The van der Waals surface area contributed by atoms with Crippen LogP contribution in [0.2, 0.25) is 0 Å². The molecule has 0 saturated carbocycles. The molecule has 2 amide bonds. The zero-order valence-electron chi connectivity index (χ0n) is 14.2. The van der Waals surface area contributed by atoms with Gasteiger partial charge in [0.1, 0.15) is 0 Å². The van der Waals surface area contributed by atoms with Crippen molar-refractivity contribution in [3.63, 3.8) is 0 Å².